The second kappa shape index (κ2) is 10.0. The quantitative estimate of drug-likeness (QED) is 0.603. The van der Waals surface area contributed by atoms with Crippen LogP contribution in [0.2, 0.25) is 0 Å². The van der Waals surface area contributed by atoms with Crippen molar-refractivity contribution in [3.8, 4) is 5.75 Å². The molecule has 2 amide bonds. The molecule has 2 aromatic rings. The number of likely N-dealkylation sites (N-methyl/N-ethyl adjacent to an activating group) is 1. The van der Waals surface area contributed by atoms with Gasteiger partial charge in [0, 0.05) is 19.7 Å². The first kappa shape index (κ1) is 22.4. The van der Waals surface area contributed by atoms with Crippen molar-refractivity contribution in [2.75, 3.05) is 32.1 Å². The molecule has 2 aromatic carbocycles. The molecule has 0 radical (unpaired) electrons. The predicted molar refractivity (Wildman–Crippen MR) is 110 cm³/mol. The van der Waals surface area contributed by atoms with Gasteiger partial charge in [0.1, 0.15) is 12.4 Å². The van der Waals surface area contributed by atoms with E-state index < -0.39 is 15.9 Å². The Morgan fingerprint density at radius 1 is 1.10 bits per heavy atom. The molecule has 0 aliphatic rings. The van der Waals surface area contributed by atoms with Gasteiger partial charge >= 0.3 is 0 Å². The molecule has 0 heterocycles. The third kappa shape index (κ3) is 6.88. The number of anilines is 1. The molecular formula is C20H25N3O5S. The molecule has 9 heteroatoms. The fourth-order valence-corrected chi connectivity index (χ4v) is 3.63. The van der Waals surface area contributed by atoms with E-state index in [1.165, 1.54) is 38.2 Å². The van der Waals surface area contributed by atoms with Crippen LogP contribution in [0.15, 0.2) is 53.4 Å². The number of rotatable bonds is 9. The van der Waals surface area contributed by atoms with Crippen LogP contribution in [0.25, 0.3) is 0 Å². The second-order valence-electron chi connectivity index (χ2n) is 6.48. The normalized spacial score (nSPS) is 11.2. The summed E-state index contributed by atoms with van der Waals surface area (Å²) in [6, 6.07) is 13.3. The zero-order valence-corrected chi connectivity index (χ0v) is 17.5. The fraction of sp³-hybridized carbons (Fsp3) is 0.300. The number of aryl methyl sites for hydroxylation is 1. The molecule has 8 nitrogen and oxygen atoms in total. The first-order chi connectivity index (χ1) is 13.7. The van der Waals surface area contributed by atoms with E-state index in [1.807, 2.05) is 31.2 Å². The monoisotopic (exact) mass is 419 g/mol. The van der Waals surface area contributed by atoms with Crippen LogP contribution in [0.1, 0.15) is 12.5 Å². The Hall–Kier alpha value is -2.91. The summed E-state index contributed by atoms with van der Waals surface area (Å²) in [5.41, 5.74) is 1.56. The van der Waals surface area contributed by atoms with Crippen molar-refractivity contribution < 1.29 is 22.7 Å². The lowest BCUT2D eigenvalue weighted by Crippen LogP contribution is -2.39. The van der Waals surface area contributed by atoms with E-state index in [0.717, 1.165) is 9.87 Å². The van der Waals surface area contributed by atoms with E-state index in [2.05, 4.69) is 10.6 Å². The standard InChI is InChI=1S/C20H25N3O5S/c1-15-5-4-6-18(13-15)28-12-11-21-20(25)14-23(3)29(26,27)19-9-7-17(8-10-19)22-16(2)24/h4-10,13H,11-12,14H2,1-3H3,(H,21,25)(H,22,24). The minimum absolute atomic E-state index is 0.0321. The van der Waals surface area contributed by atoms with Gasteiger partial charge in [0.05, 0.1) is 18.0 Å². The number of amides is 2. The average molecular weight is 420 g/mol. The zero-order valence-electron chi connectivity index (χ0n) is 16.6. The number of nitrogens with one attached hydrogen (secondary N) is 2. The van der Waals surface area contributed by atoms with Gasteiger partial charge in [-0.25, -0.2) is 8.42 Å². The number of carbonyl (C=O) groups is 2. The molecule has 0 atom stereocenters. The van der Waals surface area contributed by atoms with E-state index in [4.69, 9.17) is 4.74 Å². The van der Waals surface area contributed by atoms with Gasteiger partial charge in [-0.05, 0) is 48.9 Å². The van der Waals surface area contributed by atoms with Crippen molar-refractivity contribution in [1.82, 2.24) is 9.62 Å². The van der Waals surface area contributed by atoms with Crippen molar-refractivity contribution in [2.24, 2.45) is 0 Å². The van der Waals surface area contributed by atoms with Crippen LogP contribution in [0.4, 0.5) is 5.69 Å². The minimum atomic E-state index is -3.83. The summed E-state index contributed by atoms with van der Waals surface area (Å²) in [5.74, 6) is 0.0289. The molecule has 0 unspecified atom stereocenters. The molecule has 156 valence electrons. The summed E-state index contributed by atoms with van der Waals surface area (Å²) in [6.07, 6.45) is 0. The zero-order chi connectivity index (χ0) is 21.4. The number of sulfonamides is 1. The number of benzene rings is 2. The van der Waals surface area contributed by atoms with Crippen molar-refractivity contribution in [3.05, 3.63) is 54.1 Å². The van der Waals surface area contributed by atoms with Crippen LogP contribution in [0, 0.1) is 6.92 Å². The van der Waals surface area contributed by atoms with E-state index in [1.54, 1.807) is 0 Å². The van der Waals surface area contributed by atoms with Crippen LogP contribution in [-0.2, 0) is 19.6 Å². The third-order valence-electron chi connectivity index (χ3n) is 3.93. The average Bonchev–Trinajstić information content (AvgIpc) is 2.65. The van der Waals surface area contributed by atoms with Gasteiger partial charge in [-0.1, -0.05) is 12.1 Å². The number of ether oxygens (including phenoxy) is 1. The summed E-state index contributed by atoms with van der Waals surface area (Å²) >= 11 is 0. The van der Waals surface area contributed by atoms with Crippen molar-refractivity contribution in [3.63, 3.8) is 0 Å². The molecule has 2 rings (SSSR count). The van der Waals surface area contributed by atoms with Gasteiger partial charge in [-0.15, -0.1) is 0 Å². The van der Waals surface area contributed by atoms with Gasteiger partial charge in [0.25, 0.3) is 0 Å². The first-order valence-corrected chi connectivity index (χ1v) is 10.4. The number of hydrogen-bond donors (Lipinski definition) is 2. The number of hydrogen-bond acceptors (Lipinski definition) is 5. The second-order valence-corrected chi connectivity index (χ2v) is 8.53. The summed E-state index contributed by atoms with van der Waals surface area (Å²) in [7, 11) is -2.50. The third-order valence-corrected chi connectivity index (χ3v) is 5.75. The first-order valence-electron chi connectivity index (χ1n) is 8.98. The molecule has 0 saturated heterocycles. The maximum Gasteiger partial charge on any atom is 0.243 e. The molecule has 0 aliphatic carbocycles. The van der Waals surface area contributed by atoms with Crippen LogP contribution in [0.3, 0.4) is 0 Å². The van der Waals surface area contributed by atoms with Crippen molar-refractivity contribution in [2.45, 2.75) is 18.7 Å². The molecule has 0 saturated carbocycles. The Morgan fingerprint density at radius 3 is 2.41 bits per heavy atom. The van der Waals surface area contributed by atoms with Crippen LogP contribution in [0.5, 0.6) is 5.75 Å². The van der Waals surface area contributed by atoms with Crippen LogP contribution < -0.4 is 15.4 Å². The molecular weight excluding hydrogens is 394 g/mol. The maximum atomic E-state index is 12.6. The molecule has 0 spiro atoms. The van der Waals surface area contributed by atoms with Crippen LogP contribution >= 0.6 is 0 Å². The van der Waals surface area contributed by atoms with Gasteiger partial charge in [-0.2, -0.15) is 4.31 Å². The Kier molecular flexibility index (Phi) is 7.74. The van der Waals surface area contributed by atoms with Crippen molar-refractivity contribution >= 4 is 27.5 Å². The minimum Gasteiger partial charge on any atom is -0.492 e. The highest BCUT2D eigenvalue weighted by Crippen LogP contribution is 2.17. The largest absolute Gasteiger partial charge is 0.492 e. The molecule has 0 aromatic heterocycles. The summed E-state index contributed by atoms with van der Waals surface area (Å²) in [4.78, 5) is 23.1. The van der Waals surface area contributed by atoms with E-state index in [-0.39, 0.29) is 30.5 Å². The van der Waals surface area contributed by atoms with Gasteiger partial charge in [0.15, 0.2) is 0 Å². The fourth-order valence-electron chi connectivity index (χ4n) is 2.50. The van der Waals surface area contributed by atoms with E-state index in [9.17, 15) is 18.0 Å². The van der Waals surface area contributed by atoms with E-state index >= 15 is 0 Å². The number of carbonyl (C=O) groups excluding carboxylic acids is 2. The highest BCUT2D eigenvalue weighted by Gasteiger charge is 2.22. The molecule has 0 fully saturated rings. The Bertz CT molecular complexity index is 958. The van der Waals surface area contributed by atoms with Crippen molar-refractivity contribution in [1.29, 1.82) is 0 Å². The Labute approximate surface area is 170 Å². The molecule has 0 bridgehead atoms. The molecule has 29 heavy (non-hydrogen) atoms. The van der Waals surface area contributed by atoms with Gasteiger partial charge < -0.3 is 15.4 Å². The lowest BCUT2D eigenvalue weighted by Gasteiger charge is -2.17. The number of nitrogens with zero attached hydrogens (tertiary/aromatic N) is 1. The highest BCUT2D eigenvalue weighted by molar-refractivity contribution is 7.89. The molecule has 0 aliphatic heterocycles. The summed E-state index contributed by atoms with van der Waals surface area (Å²) in [5, 5.41) is 5.20. The summed E-state index contributed by atoms with van der Waals surface area (Å²) < 4.78 is 31.7. The topological polar surface area (TPSA) is 105 Å². The predicted octanol–water partition coefficient (Wildman–Crippen LogP) is 1.77. The Balaban J connectivity index is 1.83. The lowest BCUT2D eigenvalue weighted by molar-refractivity contribution is -0.121. The highest BCUT2D eigenvalue weighted by atomic mass is 32.2. The Morgan fingerprint density at radius 2 is 1.79 bits per heavy atom. The summed E-state index contributed by atoms with van der Waals surface area (Å²) in [6.45, 7) is 3.53. The van der Waals surface area contributed by atoms with Gasteiger partial charge in [0.2, 0.25) is 21.8 Å². The van der Waals surface area contributed by atoms with Crippen LogP contribution in [-0.4, -0.2) is 51.3 Å². The lowest BCUT2D eigenvalue weighted by atomic mass is 10.2. The maximum absolute atomic E-state index is 12.6. The van der Waals surface area contributed by atoms with E-state index in [0.29, 0.717) is 11.4 Å². The SMILES string of the molecule is CC(=O)Nc1ccc(S(=O)(=O)N(C)CC(=O)NCCOc2cccc(C)c2)cc1. The molecule has 2 N–H and O–H groups in total. The smallest absolute Gasteiger partial charge is 0.243 e. The van der Waals surface area contributed by atoms with Gasteiger partial charge in [-0.3, -0.25) is 9.59 Å².